The SMILES string of the molecule is Cc1nc(-c2ccc(CNc3cncc(Cl)n3)cc2)no1. The lowest BCUT2D eigenvalue weighted by Crippen LogP contribution is -2.01. The van der Waals surface area contributed by atoms with Crippen LogP contribution in [0.2, 0.25) is 5.15 Å². The van der Waals surface area contributed by atoms with Gasteiger partial charge in [0.2, 0.25) is 11.7 Å². The monoisotopic (exact) mass is 301 g/mol. The fourth-order valence-electron chi connectivity index (χ4n) is 1.81. The zero-order valence-corrected chi connectivity index (χ0v) is 12.0. The maximum atomic E-state index is 5.78. The van der Waals surface area contributed by atoms with Crippen molar-refractivity contribution < 1.29 is 4.52 Å². The highest BCUT2D eigenvalue weighted by Gasteiger charge is 2.05. The average Bonchev–Trinajstić information content (AvgIpc) is 2.92. The Kier molecular flexibility index (Phi) is 3.79. The molecule has 2 aromatic heterocycles. The third-order valence-corrected chi connectivity index (χ3v) is 3.00. The molecule has 106 valence electrons. The molecular formula is C14H12ClN5O. The Labute approximate surface area is 126 Å². The Morgan fingerprint density at radius 3 is 2.62 bits per heavy atom. The van der Waals surface area contributed by atoms with Crippen LogP contribution in [0, 0.1) is 6.92 Å². The number of halogens is 1. The third-order valence-electron chi connectivity index (χ3n) is 2.82. The highest BCUT2D eigenvalue weighted by Crippen LogP contribution is 2.17. The summed E-state index contributed by atoms with van der Waals surface area (Å²) in [5, 5.41) is 7.41. The molecule has 1 aromatic carbocycles. The van der Waals surface area contributed by atoms with E-state index in [0.717, 1.165) is 11.1 Å². The maximum absolute atomic E-state index is 5.78. The number of aromatic nitrogens is 4. The molecule has 0 spiro atoms. The van der Waals surface area contributed by atoms with Gasteiger partial charge in [0.15, 0.2) is 0 Å². The molecule has 0 saturated carbocycles. The van der Waals surface area contributed by atoms with Gasteiger partial charge in [0.1, 0.15) is 11.0 Å². The number of aryl methyl sites for hydroxylation is 1. The van der Waals surface area contributed by atoms with Crippen LogP contribution < -0.4 is 5.32 Å². The van der Waals surface area contributed by atoms with E-state index >= 15 is 0 Å². The zero-order chi connectivity index (χ0) is 14.7. The van der Waals surface area contributed by atoms with Crippen LogP contribution in [0.1, 0.15) is 11.5 Å². The third kappa shape index (κ3) is 3.35. The summed E-state index contributed by atoms with van der Waals surface area (Å²) in [6.07, 6.45) is 3.12. The summed E-state index contributed by atoms with van der Waals surface area (Å²) >= 11 is 5.78. The standard InChI is InChI=1S/C14H12ClN5O/c1-9-18-14(20-21-9)11-4-2-10(3-5-11)6-17-13-8-16-7-12(15)19-13/h2-5,7-8H,6H2,1H3,(H,17,19). The van der Waals surface area contributed by atoms with E-state index < -0.39 is 0 Å². The van der Waals surface area contributed by atoms with Gasteiger partial charge in [0.25, 0.3) is 0 Å². The summed E-state index contributed by atoms with van der Waals surface area (Å²) in [5.41, 5.74) is 2.01. The van der Waals surface area contributed by atoms with Crippen LogP contribution in [-0.4, -0.2) is 20.1 Å². The molecule has 0 fully saturated rings. The number of hydrogen-bond donors (Lipinski definition) is 1. The Morgan fingerprint density at radius 2 is 1.95 bits per heavy atom. The highest BCUT2D eigenvalue weighted by molar-refractivity contribution is 6.29. The second kappa shape index (κ2) is 5.88. The molecular weight excluding hydrogens is 290 g/mol. The number of rotatable bonds is 4. The largest absolute Gasteiger partial charge is 0.365 e. The molecule has 0 aliphatic carbocycles. The fraction of sp³-hybridized carbons (Fsp3) is 0.143. The first-order valence-electron chi connectivity index (χ1n) is 6.32. The summed E-state index contributed by atoms with van der Waals surface area (Å²) in [7, 11) is 0. The minimum absolute atomic E-state index is 0.364. The molecule has 6 nitrogen and oxygen atoms in total. The van der Waals surface area contributed by atoms with E-state index in [4.69, 9.17) is 16.1 Å². The maximum Gasteiger partial charge on any atom is 0.223 e. The zero-order valence-electron chi connectivity index (χ0n) is 11.2. The topological polar surface area (TPSA) is 76.7 Å². The van der Waals surface area contributed by atoms with Gasteiger partial charge < -0.3 is 9.84 Å². The predicted octanol–water partition coefficient (Wildman–Crippen LogP) is 3.10. The molecule has 0 bridgehead atoms. The molecule has 0 aliphatic rings. The number of nitrogens with zero attached hydrogens (tertiary/aromatic N) is 4. The van der Waals surface area contributed by atoms with Crippen LogP contribution in [0.15, 0.2) is 41.2 Å². The molecule has 3 aromatic rings. The second-order valence-electron chi connectivity index (χ2n) is 4.41. The van der Waals surface area contributed by atoms with E-state index in [2.05, 4.69) is 25.4 Å². The number of benzene rings is 1. The second-order valence-corrected chi connectivity index (χ2v) is 4.80. The van der Waals surface area contributed by atoms with Crippen molar-refractivity contribution in [2.45, 2.75) is 13.5 Å². The van der Waals surface area contributed by atoms with Crippen LogP contribution in [0.25, 0.3) is 11.4 Å². The molecule has 2 heterocycles. The van der Waals surface area contributed by atoms with E-state index in [1.54, 1.807) is 13.1 Å². The molecule has 0 radical (unpaired) electrons. The lowest BCUT2D eigenvalue weighted by molar-refractivity contribution is 0.394. The number of hydrogen-bond acceptors (Lipinski definition) is 6. The average molecular weight is 302 g/mol. The lowest BCUT2D eigenvalue weighted by Gasteiger charge is -2.05. The van der Waals surface area contributed by atoms with E-state index in [0.29, 0.717) is 29.2 Å². The first-order chi connectivity index (χ1) is 10.2. The van der Waals surface area contributed by atoms with E-state index in [9.17, 15) is 0 Å². The molecule has 0 atom stereocenters. The summed E-state index contributed by atoms with van der Waals surface area (Å²) in [6.45, 7) is 2.39. The van der Waals surface area contributed by atoms with Crippen molar-refractivity contribution in [3.63, 3.8) is 0 Å². The normalized spacial score (nSPS) is 10.6. The van der Waals surface area contributed by atoms with Gasteiger partial charge in [-0.15, -0.1) is 0 Å². The molecule has 0 unspecified atom stereocenters. The lowest BCUT2D eigenvalue weighted by atomic mass is 10.1. The van der Waals surface area contributed by atoms with Gasteiger partial charge in [-0.2, -0.15) is 4.98 Å². The first kappa shape index (κ1) is 13.5. The molecule has 7 heteroatoms. The Balaban J connectivity index is 1.67. The van der Waals surface area contributed by atoms with Gasteiger partial charge in [-0.1, -0.05) is 41.0 Å². The first-order valence-corrected chi connectivity index (χ1v) is 6.69. The molecule has 3 rings (SSSR count). The van der Waals surface area contributed by atoms with Crippen LogP contribution >= 0.6 is 11.6 Å². The minimum atomic E-state index is 0.364. The summed E-state index contributed by atoms with van der Waals surface area (Å²) < 4.78 is 4.96. The van der Waals surface area contributed by atoms with Crippen LogP contribution in [-0.2, 0) is 6.54 Å². The Morgan fingerprint density at radius 1 is 1.14 bits per heavy atom. The van der Waals surface area contributed by atoms with Crippen LogP contribution in [0.3, 0.4) is 0 Å². The van der Waals surface area contributed by atoms with Gasteiger partial charge in [0, 0.05) is 19.0 Å². The van der Waals surface area contributed by atoms with Crippen LogP contribution in [0.5, 0.6) is 0 Å². The van der Waals surface area contributed by atoms with Crippen molar-refractivity contribution in [1.82, 2.24) is 20.1 Å². The van der Waals surface area contributed by atoms with Gasteiger partial charge in [-0.3, -0.25) is 4.98 Å². The van der Waals surface area contributed by atoms with E-state index in [1.807, 2.05) is 24.3 Å². The number of nitrogens with one attached hydrogen (secondary N) is 1. The molecule has 0 aliphatic heterocycles. The Hall–Kier alpha value is -2.47. The van der Waals surface area contributed by atoms with Gasteiger partial charge in [-0.25, -0.2) is 4.98 Å². The summed E-state index contributed by atoms with van der Waals surface area (Å²) in [5.74, 6) is 1.78. The van der Waals surface area contributed by atoms with Crippen molar-refractivity contribution in [2.24, 2.45) is 0 Å². The number of anilines is 1. The summed E-state index contributed by atoms with van der Waals surface area (Å²) in [4.78, 5) is 12.3. The van der Waals surface area contributed by atoms with Crippen molar-refractivity contribution in [1.29, 1.82) is 0 Å². The fourth-order valence-corrected chi connectivity index (χ4v) is 1.96. The highest BCUT2D eigenvalue weighted by atomic mass is 35.5. The Bertz CT molecular complexity index is 741. The quantitative estimate of drug-likeness (QED) is 0.798. The van der Waals surface area contributed by atoms with E-state index in [-0.39, 0.29) is 0 Å². The molecule has 0 amide bonds. The van der Waals surface area contributed by atoms with Crippen molar-refractivity contribution in [3.05, 3.63) is 53.3 Å². The summed E-state index contributed by atoms with van der Waals surface area (Å²) in [6, 6.07) is 7.88. The van der Waals surface area contributed by atoms with Gasteiger partial charge >= 0.3 is 0 Å². The van der Waals surface area contributed by atoms with Gasteiger partial charge in [0.05, 0.1) is 12.4 Å². The van der Waals surface area contributed by atoms with Crippen molar-refractivity contribution in [2.75, 3.05) is 5.32 Å². The van der Waals surface area contributed by atoms with Crippen LogP contribution in [0.4, 0.5) is 5.82 Å². The molecule has 0 saturated heterocycles. The molecule has 1 N–H and O–H groups in total. The van der Waals surface area contributed by atoms with Gasteiger partial charge in [-0.05, 0) is 5.56 Å². The smallest absolute Gasteiger partial charge is 0.223 e. The molecule has 21 heavy (non-hydrogen) atoms. The van der Waals surface area contributed by atoms with E-state index in [1.165, 1.54) is 6.20 Å². The minimum Gasteiger partial charge on any atom is -0.365 e. The van der Waals surface area contributed by atoms with Crippen molar-refractivity contribution >= 4 is 17.4 Å². The van der Waals surface area contributed by atoms with Crippen molar-refractivity contribution in [3.8, 4) is 11.4 Å². The predicted molar refractivity (Wildman–Crippen MR) is 78.8 cm³/mol.